The molecule has 6 aromatic rings. The lowest BCUT2D eigenvalue weighted by Gasteiger charge is -2.45. The van der Waals surface area contributed by atoms with E-state index in [4.69, 9.17) is 25.7 Å². The van der Waals surface area contributed by atoms with Crippen LogP contribution in [0.2, 0.25) is 0 Å². The number of amides is 5. The number of nitrogens with two attached hydrogens (primary N) is 2. The summed E-state index contributed by atoms with van der Waals surface area (Å²) in [7, 11) is 3.21. The van der Waals surface area contributed by atoms with Gasteiger partial charge in [-0.25, -0.2) is 0 Å². The first-order chi connectivity index (χ1) is 42.4. The highest BCUT2D eigenvalue weighted by Crippen LogP contribution is 2.57. The van der Waals surface area contributed by atoms with Gasteiger partial charge in [-0.05, 0) is 147 Å². The van der Waals surface area contributed by atoms with Gasteiger partial charge in [0, 0.05) is 42.8 Å². The minimum Gasteiger partial charge on any atom is -0.481 e. The molecule has 91 heavy (non-hydrogen) atoms. The molecule has 13 rings (SSSR count). The summed E-state index contributed by atoms with van der Waals surface area (Å²) in [6.07, 6.45) is 0. The fraction of sp³-hybridized carbons (Fsp3) is 0.273. The largest absolute Gasteiger partial charge is 0.481 e. The number of fused-ring (bicyclic) bond motifs is 8. The number of aryl methyl sites for hydroxylation is 1. The molecule has 4 aliphatic heterocycles. The first-order valence-corrected chi connectivity index (χ1v) is 27.7. The van der Waals surface area contributed by atoms with E-state index in [0.717, 1.165) is 50.8 Å². The van der Waals surface area contributed by atoms with Crippen molar-refractivity contribution >= 4 is 99.6 Å². The molecule has 7 aliphatic rings. The van der Waals surface area contributed by atoms with E-state index in [-0.39, 0.29) is 26.7 Å². The number of aliphatic carboxylic acids is 2. The first kappa shape index (κ1) is 65.7. The number of carboxylic acids is 2. The number of nitrogen functional groups attached to an aromatic ring is 2. The number of cyclic esters (lactones) is 4. The third-order valence-electron chi connectivity index (χ3n) is 16.6. The maximum Gasteiger partial charge on any atom is 0.318 e. The third-order valence-corrected chi connectivity index (χ3v) is 16.6. The maximum atomic E-state index is 12.9. The van der Waals surface area contributed by atoms with Crippen LogP contribution in [0.5, 0.6) is 34.5 Å². The van der Waals surface area contributed by atoms with Crippen LogP contribution < -0.4 is 41.2 Å². The summed E-state index contributed by atoms with van der Waals surface area (Å²) in [6, 6.07) is 42.4. The molecule has 0 bridgehead atoms. The number of rotatable bonds is 13. The molecule has 3 aliphatic carbocycles. The summed E-state index contributed by atoms with van der Waals surface area (Å²) in [5, 5.41) is 24.2. The molecule has 8 unspecified atom stereocenters. The topological polar surface area (TPSA) is 374 Å². The van der Waals surface area contributed by atoms with Gasteiger partial charge in [0.1, 0.15) is 40.3 Å². The average molecular weight is 1250 g/mol. The van der Waals surface area contributed by atoms with E-state index in [1.54, 1.807) is 84.9 Å². The van der Waals surface area contributed by atoms with Gasteiger partial charge in [-0.2, -0.15) is 0 Å². The van der Waals surface area contributed by atoms with Gasteiger partial charge < -0.3 is 56.0 Å². The van der Waals surface area contributed by atoms with Crippen molar-refractivity contribution in [2.75, 3.05) is 41.1 Å². The third kappa shape index (κ3) is 12.8. The van der Waals surface area contributed by atoms with Crippen LogP contribution in [-0.4, -0.2) is 100 Å². The van der Waals surface area contributed by atoms with Crippen LogP contribution in [0.15, 0.2) is 146 Å². The van der Waals surface area contributed by atoms with Crippen molar-refractivity contribution in [2.45, 2.75) is 28.7 Å². The second kappa shape index (κ2) is 26.6. The number of hydrogen-bond donors (Lipinski definition) is 6. The Morgan fingerprint density at radius 1 is 0.440 bits per heavy atom. The van der Waals surface area contributed by atoms with E-state index < -0.39 is 130 Å². The van der Waals surface area contributed by atoms with Crippen molar-refractivity contribution in [3.63, 3.8) is 0 Å². The predicted octanol–water partition coefficient (Wildman–Crippen LogP) is 7.38. The van der Waals surface area contributed by atoms with Crippen molar-refractivity contribution in [2.24, 2.45) is 71.0 Å². The number of nitrogens with one attached hydrogen (secondary N) is 2. The molecular weight excluding hydrogens is 1180 g/mol. The Kier molecular flexibility index (Phi) is 19.2. The Hall–Kier alpha value is -11.2. The number of ketones is 1. The molecule has 0 radical (unpaired) electrons. The van der Waals surface area contributed by atoms with E-state index in [1.165, 1.54) is 7.05 Å². The Bertz CT molecular complexity index is 3670. The Balaban J connectivity index is 0.000000163. The van der Waals surface area contributed by atoms with Crippen molar-refractivity contribution < 1.29 is 91.4 Å². The molecule has 8 atom stereocenters. The van der Waals surface area contributed by atoms with Crippen molar-refractivity contribution in [1.82, 2.24) is 4.90 Å². The molecule has 0 aromatic heterocycles. The molecule has 7 fully saturated rings. The van der Waals surface area contributed by atoms with E-state index >= 15 is 0 Å². The number of esters is 4. The fourth-order valence-electron chi connectivity index (χ4n) is 12.1. The number of ether oxygens (including phenoxy) is 5. The highest BCUT2D eigenvalue weighted by molar-refractivity contribution is 6.27. The smallest absolute Gasteiger partial charge is 0.318 e. The summed E-state index contributed by atoms with van der Waals surface area (Å²) in [5.74, 6) is -15.9. The zero-order chi connectivity index (χ0) is 63.9. The number of hydrogen-bond acceptors (Lipinski definition) is 20. The predicted molar refractivity (Wildman–Crippen MR) is 324 cm³/mol. The highest BCUT2D eigenvalue weighted by Gasteiger charge is 2.74. The average Bonchev–Trinajstić information content (AvgIpc) is 1.55. The van der Waals surface area contributed by atoms with Gasteiger partial charge in [0.25, 0.3) is 0 Å². The van der Waals surface area contributed by atoms with Gasteiger partial charge in [-0.15, -0.1) is 0 Å². The number of benzene rings is 6. The van der Waals surface area contributed by atoms with Crippen LogP contribution in [-0.2, 0) is 67.0 Å². The molecule has 3 saturated carbocycles. The molecule has 8 N–H and O–H groups in total. The van der Waals surface area contributed by atoms with Crippen LogP contribution in [0.1, 0.15) is 27.3 Å². The standard InChI is InChI=1S/C22H22N2O7.C22H18N2O5.C12H12N2O.C8H4O6.2CH4/c1-11(25)16-17(19(22(29)30)18(16)21(27)28)20(26)24-13-5-9-15(10-6-13)31-14-7-3-12(23-2)4-8-14;1-11-3-7-13(8-4-11)29-14-9-5-12(6-10-14)24-21(27)17-15-16(18(17)22(24)28)20(26)23(2)19(15)25;13-9-1-5-11(6-2-9)15-12-7-3-10(14)4-8-12;9-5-1-2(6(10)13-5)4-3(1)7(11)14-8(4)12;;/h3-10,16-19,23H,1-2H3,(H,24,26)(H,27,28)(H,29,30);3-10,15-18H,1-2H3;1-8H,13-14H2;1-4H;2*1H4. The number of carbonyl (C=O) groups is 12. The monoisotopic (exact) mass is 1240 g/mol. The lowest BCUT2D eigenvalue weighted by molar-refractivity contribution is -0.179. The van der Waals surface area contributed by atoms with Gasteiger partial charge in [-0.1, -0.05) is 32.5 Å². The van der Waals surface area contributed by atoms with Crippen molar-refractivity contribution in [3.05, 3.63) is 151 Å². The lowest BCUT2D eigenvalue weighted by Crippen LogP contribution is -2.60. The minimum atomic E-state index is -1.46. The number of carbonyl (C=O) groups excluding carboxylic acids is 10. The lowest BCUT2D eigenvalue weighted by atomic mass is 9.55. The summed E-state index contributed by atoms with van der Waals surface area (Å²) in [5.41, 5.74) is 15.4. The summed E-state index contributed by atoms with van der Waals surface area (Å²) >= 11 is 0. The van der Waals surface area contributed by atoms with Crippen LogP contribution in [0.3, 0.4) is 0 Å². The van der Waals surface area contributed by atoms with Crippen molar-refractivity contribution in [3.8, 4) is 34.5 Å². The number of likely N-dealkylation sites (tertiary alicyclic amines) is 1. The van der Waals surface area contributed by atoms with E-state index in [1.807, 2.05) is 74.6 Å². The van der Waals surface area contributed by atoms with Crippen LogP contribution in [0.4, 0.5) is 28.4 Å². The van der Waals surface area contributed by atoms with Crippen molar-refractivity contribution in [1.29, 1.82) is 0 Å². The van der Waals surface area contributed by atoms with E-state index in [2.05, 4.69) is 20.1 Å². The van der Waals surface area contributed by atoms with Gasteiger partial charge in [0.05, 0.1) is 70.8 Å². The molecule has 5 amide bonds. The van der Waals surface area contributed by atoms with E-state index in [0.29, 0.717) is 34.4 Å². The number of Topliss-reactive ketones (excluding diaryl/α,β-unsaturated/α-hetero) is 1. The summed E-state index contributed by atoms with van der Waals surface area (Å²) in [6.45, 7) is 3.15. The van der Waals surface area contributed by atoms with Gasteiger partial charge in [0.2, 0.25) is 29.5 Å². The Labute approximate surface area is 520 Å². The van der Waals surface area contributed by atoms with E-state index in [9.17, 15) is 67.7 Å². The Morgan fingerprint density at radius 2 is 0.747 bits per heavy atom. The zero-order valence-electron chi connectivity index (χ0n) is 47.7. The molecule has 25 nitrogen and oxygen atoms in total. The Morgan fingerprint density at radius 3 is 1.09 bits per heavy atom. The normalized spacial score (nSPS) is 24.7. The number of imide groups is 2. The summed E-state index contributed by atoms with van der Waals surface area (Å²) in [4.78, 5) is 144. The molecular formula is C66H64N6O19. The van der Waals surface area contributed by atoms with Gasteiger partial charge >= 0.3 is 35.8 Å². The van der Waals surface area contributed by atoms with Gasteiger partial charge in [-0.3, -0.25) is 67.3 Å². The molecule has 4 saturated heterocycles. The minimum absolute atomic E-state index is 0. The molecule has 0 spiro atoms. The number of nitrogens with zero attached hydrogens (tertiary/aromatic N) is 2. The molecule has 472 valence electrons. The molecule has 4 heterocycles. The molecule has 6 aromatic carbocycles. The van der Waals surface area contributed by atoms with Crippen LogP contribution in [0.25, 0.3) is 0 Å². The van der Waals surface area contributed by atoms with Gasteiger partial charge in [0.15, 0.2) is 0 Å². The summed E-state index contributed by atoms with van der Waals surface area (Å²) < 4.78 is 25.8. The van der Waals surface area contributed by atoms with Crippen LogP contribution >= 0.6 is 0 Å². The molecule has 25 heteroatoms. The fourth-order valence-corrected chi connectivity index (χ4v) is 12.1. The maximum absolute atomic E-state index is 12.9. The highest BCUT2D eigenvalue weighted by atomic mass is 16.6. The quantitative estimate of drug-likeness (QED) is 0.0284. The van der Waals surface area contributed by atoms with Crippen LogP contribution in [0, 0.1) is 77.9 Å². The second-order valence-corrected chi connectivity index (χ2v) is 21.9. The SMILES string of the molecule is C.C.CNc1ccc(Oc2ccc(NC(=O)C3C(C(C)=O)C(C(=O)O)C3C(=O)O)cc2)cc1.Cc1ccc(Oc2ccc(N3C(=O)C4C5C(=O)N(C)C(=O)C5C4C3=O)cc2)cc1.Nc1ccc(Oc2ccc(N)cc2)cc1.O=C1OC(=O)C2C1C1C(=O)OC(=O)C21. The number of anilines is 5. The zero-order valence-corrected chi connectivity index (χ0v) is 47.7. The second-order valence-electron chi connectivity index (χ2n) is 21.9. The first-order valence-electron chi connectivity index (χ1n) is 27.7. The number of carboxylic acid groups (broad SMARTS) is 2.